The molecule has 0 aromatic heterocycles. The zero-order valence-corrected chi connectivity index (χ0v) is 12.0. The molecule has 0 unspecified atom stereocenters. The lowest BCUT2D eigenvalue weighted by Gasteiger charge is -2.20. The van der Waals surface area contributed by atoms with Gasteiger partial charge in [0.2, 0.25) is 0 Å². The molecule has 0 rings (SSSR count). The summed E-state index contributed by atoms with van der Waals surface area (Å²) in [6.45, 7) is 13.4. The number of hydrogen-bond acceptors (Lipinski definition) is 4. The normalized spacial score (nSPS) is 12.6. The van der Waals surface area contributed by atoms with Gasteiger partial charge in [-0.25, -0.2) is 4.79 Å². The molecular formula is C13H26O4. The lowest BCUT2D eigenvalue weighted by atomic mass is 9.99. The van der Waals surface area contributed by atoms with Gasteiger partial charge in [0, 0.05) is 0 Å². The molecule has 4 heteroatoms. The highest BCUT2D eigenvalue weighted by Crippen LogP contribution is 2.12. The highest BCUT2D eigenvalue weighted by Gasteiger charge is 2.16. The van der Waals surface area contributed by atoms with E-state index in [9.17, 15) is 4.79 Å². The molecular weight excluding hydrogens is 220 g/mol. The van der Waals surface area contributed by atoms with Gasteiger partial charge < -0.3 is 14.2 Å². The first kappa shape index (κ1) is 16.4. The van der Waals surface area contributed by atoms with E-state index < -0.39 is 5.60 Å². The first-order chi connectivity index (χ1) is 7.60. The van der Waals surface area contributed by atoms with E-state index in [2.05, 4.69) is 20.8 Å². The first-order valence-electron chi connectivity index (χ1n) is 5.97. The van der Waals surface area contributed by atoms with Crippen LogP contribution in [0.5, 0.6) is 0 Å². The van der Waals surface area contributed by atoms with Gasteiger partial charge in [0.25, 0.3) is 0 Å². The predicted molar refractivity (Wildman–Crippen MR) is 66.9 cm³/mol. The Morgan fingerprint density at radius 2 is 1.47 bits per heavy atom. The van der Waals surface area contributed by atoms with Gasteiger partial charge >= 0.3 is 5.97 Å². The van der Waals surface area contributed by atoms with Gasteiger partial charge in [0.05, 0.1) is 19.8 Å². The predicted octanol–water partition coefficient (Wildman–Crippen LogP) is 2.41. The van der Waals surface area contributed by atoms with E-state index in [0.717, 1.165) is 0 Å². The fourth-order valence-corrected chi connectivity index (χ4v) is 1.02. The number of esters is 1. The second-order valence-corrected chi connectivity index (χ2v) is 6.25. The van der Waals surface area contributed by atoms with Gasteiger partial charge in [-0.05, 0) is 26.2 Å². The Hall–Kier alpha value is -0.610. The molecule has 0 aliphatic rings. The SMILES string of the molecule is CC(C)(C)COCCOCC(=O)OC(C)(C)C. The molecule has 0 fully saturated rings. The number of carbonyl (C=O) groups excluding carboxylic acids is 1. The van der Waals surface area contributed by atoms with Crippen molar-refractivity contribution >= 4 is 5.97 Å². The van der Waals surface area contributed by atoms with Gasteiger partial charge in [-0.3, -0.25) is 0 Å². The molecule has 0 aromatic rings. The Bertz CT molecular complexity index is 223. The van der Waals surface area contributed by atoms with E-state index in [-0.39, 0.29) is 18.0 Å². The van der Waals surface area contributed by atoms with E-state index in [4.69, 9.17) is 14.2 Å². The minimum atomic E-state index is -0.455. The summed E-state index contributed by atoms with van der Waals surface area (Å²) < 4.78 is 15.7. The first-order valence-corrected chi connectivity index (χ1v) is 5.97. The molecule has 0 aliphatic carbocycles. The molecule has 0 aliphatic heterocycles. The molecule has 0 saturated heterocycles. The zero-order chi connectivity index (χ0) is 13.5. The molecule has 0 amide bonds. The summed E-state index contributed by atoms with van der Waals surface area (Å²) in [5.41, 5.74) is -0.297. The molecule has 17 heavy (non-hydrogen) atoms. The molecule has 0 saturated carbocycles. The summed E-state index contributed by atoms with van der Waals surface area (Å²) in [5, 5.41) is 0. The van der Waals surface area contributed by atoms with Crippen molar-refractivity contribution in [2.75, 3.05) is 26.4 Å². The minimum absolute atomic E-state index is 0.0177. The summed E-state index contributed by atoms with van der Waals surface area (Å²) >= 11 is 0. The average Bonchev–Trinajstić information content (AvgIpc) is 2.06. The lowest BCUT2D eigenvalue weighted by Crippen LogP contribution is -2.27. The smallest absolute Gasteiger partial charge is 0.332 e. The standard InChI is InChI=1S/C13H26O4/c1-12(2,3)10-16-8-7-15-9-11(14)17-13(4,5)6/h7-10H2,1-6H3. The Balaban J connectivity index is 3.44. The highest BCUT2D eigenvalue weighted by atomic mass is 16.6. The number of rotatable bonds is 6. The Morgan fingerprint density at radius 1 is 0.941 bits per heavy atom. The van der Waals surface area contributed by atoms with Crippen LogP contribution in [0.4, 0.5) is 0 Å². The van der Waals surface area contributed by atoms with Crippen molar-refractivity contribution in [1.82, 2.24) is 0 Å². The summed E-state index contributed by atoms with van der Waals surface area (Å²) in [7, 11) is 0. The third-order valence-corrected chi connectivity index (χ3v) is 1.55. The van der Waals surface area contributed by atoms with Crippen LogP contribution < -0.4 is 0 Å². The third kappa shape index (κ3) is 13.3. The van der Waals surface area contributed by atoms with Crippen LogP contribution in [-0.2, 0) is 19.0 Å². The van der Waals surface area contributed by atoms with Gasteiger partial charge in [0.15, 0.2) is 0 Å². The largest absolute Gasteiger partial charge is 0.458 e. The van der Waals surface area contributed by atoms with Crippen molar-refractivity contribution in [3.63, 3.8) is 0 Å². The number of hydrogen-bond donors (Lipinski definition) is 0. The van der Waals surface area contributed by atoms with Crippen LogP contribution in [-0.4, -0.2) is 38.0 Å². The zero-order valence-electron chi connectivity index (χ0n) is 12.0. The number of carbonyl (C=O) groups is 1. The van der Waals surface area contributed by atoms with E-state index in [1.54, 1.807) is 0 Å². The van der Waals surface area contributed by atoms with E-state index >= 15 is 0 Å². The fourth-order valence-electron chi connectivity index (χ4n) is 1.02. The van der Waals surface area contributed by atoms with Crippen LogP contribution >= 0.6 is 0 Å². The molecule has 0 atom stereocenters. The van der Waals surface area contributed by atoms with Crippen LogP contribution in [0.1, 0.15) is 41.5 Å². The third-order valence-electron chi connectivity index (χ3n) is 1.55. The van der Waals surface area contributed by atoms with Crippen molar-refractivity contribution in [3.8, 4) is 0 Å². The molecule has 0 N–H and O–H groups in total. The monoisotopic (exact) mass is 246 g/mol. The maximum absolute atomic E-state index is 11.3. The fraction of sp³-hybridized carbons (Fsp3) is 0.923. The maximum Gasteiger partial charge on any atom is 0.332 e. The van der Waals surface area contributed by atoms with Gasteiger partial charge in [-0.2, -0.15) is 0 Å². The Morgan fingerprint density at radius 3 is 1.94 bits per heavy atom. The van der Waals surface area contributed by atoms with Gasteiger partial charge in [-0.15, -0.1) is 0 Å². The van der Waals surface area contributed by atoms with Gasteiger partial charge in [0.1, 0.15) is 12.2 Å². The second-order valence-electron chi connectivity index (χ2n) is 6.25. The second kappa shape index (κ2) is 6.97. The quantitative estimate of drug-likeness (QED) is 0.533. The van der Waals surface area contributed by atoms with E-state index in [1.807, 2.05) is 20.8 Å². The summed E-state index contributed by atoms with van der Waals surface area (Å²) in [6.07, 6.45) is 0. The van der Waals surface area contributed by atoms with Crippen LogP contribution in [0.25, 0.3) is 0 Å². The molecule has 0 spiro atoms. The van der Waals surface area contributed by atoms with Crippen molar-refractivity contribution < 1.29 is 19.0 Å². The minimum Gasteiger partial charge on any atom is -0.458 e. The molecule has 0 bridgehead atoms. The Labute approximate surface area is 105 Å². The van der Waals surface area contributed by atoms with Crippen LogP contribution in [0.2, 0.25) is 0 Å². The average molecular weight is 246 g/mol. The number of ether oxygens (including phenoxy) is 3. The maximum atomic E-state index is 11.3. The van der Waals surface area contributed by atoms with Crippen molar-refractivity contribution in [2.45, 2.75) is 47.1 Å². The summed E-state index contributed by atoms with van der Waals surface area (Å²) in [5.74, 6) is -0.340. The van der Waals surface area contributed by atoms with Crippen LogP contribution in [0, 0.1) is 5.41 Å². The Kier molecular flexibility index (Phi) is 6.72. The summed E-state index contributed by atoms with van der Waals surface area (Å²) in [6, 6.07) is 0. The van der Waals surface area contributed by atoms with Crippen molar-refractivity contribution in [3.05, 3.63) is 0 Å². The van der Waals surface area contributed by atoms with Gasteiger partial charge in [-0.1, -0.05) is 20.8 Å². The molecule has 0 heterocycles. The highest BCUT2D eigenvalue weighted by molar-refractivity contribution is 5.71. The topological polar surface area (TPSA) is 44.8 Å². The van der Waals surface area contributed by atoms with Crippen molar-refractivity contribution in [1.29, 1.82) is 0 Å². The lowest BCUT2D eigenvalue weighted by molar-refractivity contribution is -0.160. The molecule has 4 nitrogen and oxygen atoms in total. The molecule has 0 aromatic carbocycles. The van der Waals surface area contributed by atoms with E-state index in [1.165, 1.54) is 0 Å². The van der Waals surface area contributed by atoms with Crippen LogP contribution in [0.3, 0.4) is 0 Å². The van der Waals surface area contributed by atoms with Crippen molar-refractivity contribution in [2.24, 2.45) is 5.41 Å². The summed E-state index contributed by atoms with van der Waals surface area (Å²) in [4.78, 5) is 11.3. The molecule has 0 radical (unpaired) electrons. The van der Waals surface area contributed by atoms with E-state index in [0.29, 0.717) is 19.8 Å². The molecule has 102 valence electrons. The van der Waals surface area contributed by atoms with Crippen LogP contribution in [0.15, 0.2) is 0 Å².